The molecule has 1 amide bonds. The lowest BCUT2D eigenvalue weighted by molar-refractivity contribution is -0.160. The molecule has 0 aliphatic heterocycles. The van der Waals surface area contributed by atoms with E-state index in [0.717, 1.165) is 0 Å². The van der Waals surface area contributed by atoms with E-state index < -0.39 is 30.9 Å². The summed E-state index contributed by atoms with van der Waals surface area (Å²) >= 11 is 0. The maximum atomic E-state index is 11.8. The second-order valence-corrected chi connectivity index (χ2v) is 3.92. The zero-order valence-corrected chi connectivity index (χ0v) is 10.2. The largest absolute Gasteiger partial charge is 0.480 e. The number of carboxylic acid groups (broad SMARTS) is 1. The van der Waals surface area contributed by atoms with Crippen molar-refractivity contribution in [3.05, 3.63) is 35.9 Å². The van der Waals surface area contributed by atoms with Gasteiger partial charge in [-0.05, 0) is 5.56 Å². The number of alkyl halides is 3. The number of amides is 1. The molecule has 0 aromatic heterocycles. The maximum absolute atomic E-state index is 11.8. The molecule has 0 aliphatic rings. The van der Waals surface area contributed by atoms with Crippen LogP contribution in [-0.4, -0.2) is 36.0 Å². The van der Waals surface area contributed by atoms with Gasteiger partial charge >= 0.3 is 18.2 Å². The van der Waals surface area contributed by atoms with Crippen molar-refractivity contribution in [1.82, 2.24) is 5.32 Å². The molecular formula is C12H12F3NO4. The number of aliphatic carboxylic acids is 1. The highest BCUT2D eigenvalue weighted by atomic mass is 19.4. The lowest BCUT2D eigenvalue weighted by atomic mass is 10.1. The fourth-order valence-corrected chi connectivity index (χ4v) is 1.38. The molecule has 1 unspecified atom stereocenters. The summed E-state index contributed by atoms with van der Waals surface area (Å²) in [6.07, 6.45) is -6.14. The number of benzene rings is 1. The topological polar surface area (TPSA) is 75.6 Å². The Kier molecular flexibility index (Phi) is 5.36. The number of ether oxygens (including phenoxy) is 1. The minimum Gasteiger partial charge on any atom is -0.480 e. The van der Waals surface area contributed by atoms with Crippen LogP contribution in [-0.2, 0) is 16.0 Å². The summed E-state index contributed by atoms with van der Waals surface area (Å²) in [5, 5.41) is 10.8. The van der Waals surface area contributed by atoms with Gasteiger partial charge in [0.05, 0.1) is 0 Å². The maximum Gasteiger partial charge on any atom is 0.422 e. The van der Waals surface area contributed by atoms with Gasteiger partial charge in [0.25, 0.3) is 0 Å². The Balaban J connectivity index is 2.55. The molecule has 5 nitrogen and oxygen atoms in total. The number of nitrogens with one attached hydrogen (secondary N) is 1. The molecule has 1 atom stereocenters. The molecule has 0 saturated carbocycles. The van der Waals surface area contributed by atoms with Crippen LogP contribution in [0.4, 0.5) is 18.0 Å². The van der Waals surface area contributed by atoms with Crippen molar-refractivity contribution in [3.63, 3.8) is 0 Å². The Morgan fingerprint density at radius 2 is 1.85 bits per heavy atom. The van der Waals surface area contributed by atoms with E-state index in [4.69, 9.17) is 5.11 Å². The van der Waals surface area contributed by atoms with Crippen molar-refractivity contribution in [2.45, 2.75) is 18.6 Å². The molecule has 8 heteroatoms. The summed E-state index contributed by atoms with van der Waals surface area (Å²) in [5.41, 5.74) is 0.621. The number of alkyl carbamates (subject to hydrolysis) is 1. The van der Waals surface area contributed by atoms with Crippen molar-refractivity contribution in [2.75, 3.05) is 6.61 Å². The van der Waals surface area contributed by atoms with Crippen molar-refractivity contribution in [1.29, 1.82) is 0 Å². The fraction of sp³-hybridized carbons (Fsp3) is 0.333. The van der Waals surface area contributed by atoms with E-state index in [-0.39, 0.29) is 6.42 Å². The molecule has 0 saturated heterocycles. The number of rotatable bonds is 5. The standard InChI is InChI=1S/C12H12F3NO4/c13-12(14,15)7-20-11(19)16-9(10(17)18)6-8-4-2-1-3-5-8/h1-5,9H,6-7H2,(H,16,19)(H,17,18). The van der Waals surface area contributed by atoms with E-state index >= 15 is 0 Å². The van der Waals surface area contributed by atoms with Gasteiger partial charge in [0.15, 0.2) is 6.61 Å². The molecule has 0 spiro atoms. The molecule has 0 radical (unpaired) electrons. The van der Waals surface area contributed by atoms with Crippen molar-refractivity contribution in [3.8, 4) is 0 Å². The van der Waals surface area contributed by atoms with E-state index in [1.54, 1.807) is 30.3 Å². The Hall–Kier alpha value is -2.25. The van der Waals surface area contributed by atoms with E-state index in [9.17, 15) is 22.8 Å². The third-order valence-corrected chi connectivity index (χ3v) is 2.24. The third kappa shape index (κ3) is 6.07. The zero-order chi connectivity index (χ0) is 15.2. The lowest BCUT2D eigenvalue weighted by Crippen LogP contribution is -2.43. The van der Waals surface area contributed by atoms with Gasteiger partial charge in [0, 0.05) is 6.42 Å². The van der Waals surface area contributed by atoms with Crippen LogP contribution in [0.2, 0.25) is 0 Å². The van der Waals surface area contributed by atoms with E-state index in [0.29, 0.717) is 5.56 Å². The monoisotopic (exact) mass is 291 g/mol. The summed E-state index contributed by atoms with van der Waals surface area (Å²) in [5.74, 6) is -1.36. The van der Waals surface area contributed by atoms with Gasteiger partial charge in [0.2, 0.25) is 0 Å². The first-order chi connectivity index (χ1) is 9.28. The predicted octanol–water partition coefficient (Wildman–Crippen LogP) is 1.97. The normalized spacial score (nSPS) is 12.6. The van der Waals surface area contributed by atoms with Crippen LogP contribution in [0.25, 0.3) is 0 Å². The Labute approximate surface area is 112 Å². The molecular weight excluding hydrogens is 279 g/mol. The van der Waals surface area contributed by atoms with Gasteiger partial charge in [-0.25, -0.2) is 9.59 Å². The highest BCUT2D eigenvalue weighted by Gasteiger charge is 2.30. The first-order valence-electron chi connectivity index (χ1n) is 5.54. The lowest BCUT2D eigenvalue weighted by Gasteiger charge is -2.15. The van der Waals surface area contributed by atoms with Crippen LogP contribution >= 0.6 is 0 Å². The van der Waals surface area contributed by atoms with Gasteiger partial charge < -0.3 is 15.2 Å². The smallest absolute Gasteiger partial charge is 0.422 e. The fourth-order valence-electron chi connectivity index (χ4n) is 1.38. The first kappa shape index (κ1) is 15.8. The van der Waals surface area contributed by atoms with Crippen molar-refractivity contribution >= 4 is 12.1 Å². The summed E-state index contributed by atoms with van der Waals surface area (Å²) in [6, 6.07) is 6.99. The van der Waals surface area contributed by atoms with E-state index in [2.05, 4.69) is 4.74 Å². The molecule has 2 N–H and O–H groups in total. The number of hydrogen-bond acceptors (Lipinski definition) is 3. The summed E-state index contributed by atoms with van der Waals surface area (Å²) in [6.45, 7) is -1.77. The van der Waals surface area contributed by atoms with Gasteiger partial charge in [0.1, 0.15) is 6.04 Å². The molecule has 110 valence electrons. The highest BCUT2D eigenvalue weighted by molar-refractivity contribution is 5.80. The van der Waals surface area contributed by atoms with Gasteiger partial charge in [-0.1, -0.05) is 30.3 Å². The molecule has 1 aromatic carbocycles. The SMILES string of the molecule is O=C(NC(Cc1ccccc1)C(=O)O)OCC(F)(F)F. The average Bonchev–Trinajstić information content (AvgIpc) is 2.36. The molecule has 0 aliphatic carbocycles. The molecule has 1 rings (SSSR count). The summed E-state index contributed by atoms with van der Waals surface area (Å²) < 4.78 is 39.4. The van der Waals surface area contributed by atoms with Crippen LogP contribution in [0, 0.1) is 0 Å². The number of carbonyl (C=O) groups excluding carboxylic acids is 1. The minimum atomic E-state index is -4.66. The highest BCUT2D eigenvalue weighted by Crippen LogP contribution is 2.14. The van der Waals surface area contributed by atoms with Crippen LogP contribution in [0.15, 0.2) is 30.3 Å². The van der Waals surface area contributed by atoms with Gasteiger partial charge in [-0.3, -0.25) is 0 Å². The molecule has 20 heavy (non-hydrogen) atoms. The average molecular weight is 291 g/mol. The molecule has 0 bridgehead atoms. The van der Waals surface area contributed by atoms with Crippen molar-refractivity contribution in [2.24, 2.45) is 0 Å². The zero-order valence-electron chi connectivity index (χ0n) is 10.2. The van der Waals surface area contributed by atoms with Crippen molar-refractivity contribution < 1.29 is 32.6 Å². The molecule has 0 fully saturated rings. The minimum absolute atomic E-state index is 0.0582. The van der Waals surface area contributed by atoms with E-state index in [1.807, 2.05) is 5.32 Å². The number of carboxylic acids is 1. The molecule has 0 heterocycles. The predicted molar refractivity (Wildman–Crippen MR) is 62.1 cm³/mol. The Morgan fingerprint density at radius 1 is 1.25 bits per heavy atom. The first-order valence-corrected chi connectivity index (χ1v) is 5.54. The van der Waals surface area contributed by atoms with E-state index in [1.165, 1.54) is 0 Å². The number of carbonyl (C=O) groups is 2. The Morgan fingerprint density at radius 3 is 2.35 bits per heavy atom. The summed E-state index contributed by atoms with van der Waals surface area (Å²) in [4.78, 5) is 22.0. The second-order valence-electron chi connectivity index (χ2n) is 3.92. The molecule has 1 aromatic rings. The third-order valence-electron chi connectivity index (χ3n) is 2.24. The quantitative estimate of drug-likeness (QED) is 0.869. The van der Waals surface area contributed by atoms with Crippen LogP contribution in [0.5, 0.6) is 0 Å². The Bertz CT molecular complexity index is 462. The van der Waals surface area contributed by atoms with Gasteiger partial charge in [-0.2, -0.15) is 13.2 Å². The van der Waals surface area contributed by atoms with Crippen LogP contribution in [0.3, 0.4) is 0 Å². The van der Waals surface area contributed by atoms with Crippen LogP contribution in [0.1, 0.15) is 5.56 Å². The van der Waals surface area contributed by atoms with Crippen LogP contribution < -0.4 is 5.32 Å². The number of hydrogen-bond donors (Lipinski definition) is 2. The summed E-state index contributed by atoms with van der Waals surface area (Å²) in [7, 11) is 0. The van der Waals surface area contributed by atoms with Gasteiger partial charge in [-0.15, -0.1) is 0 Å². The second kappa shape index (κ2) is 6.78. The number of halogens is 3.